The van der Waals surface area contributed by atoms with E-state index in [0.717, 1.165) is 161 Å². The van der Waals surface area contributed by atoms with Crippen molar-refractivity contribution in [1.29, 1.82) is 0 Å². The van der Waals surface area contributed by atoms with E-state index in [-0.39, 0.29) is 30.2 Å². The number of fused-ring (bicyclic) bond motifs is 8. The zero-order valence-electron chi connectivity index (χ0n) is 64.1. The van der Waals surface area contributed by atoms with Crippen molar-refractivity contribution in [3.8, 4) is 90.1 Å². The molecular weight excluding hydrogens is 1520 g/mol. The molecule has 12 aromatic heterocycles. The van der Waals surface area contributed by atoms with Crippen molar-refractivity contribution in [1.82, 2.24) is 79.7 Å². The van der Waals surface area contributed by atoms with E-state index in [2.05, 4.69) is 163 Å². The van der Waals surface area contributed by atoms with Crippen molar-refractivity contribution in [3.05, 3.63) is 317 Å². The van der Waals surface area contributed by atoms with Gasteiger partial charge in [0.2, 0.25) is 23.6 Å². The van der Waals surface area contributed by atoms with Crippen molar-refractivity contribution >= 4 is 146 Å². The smallest absolute Gasteiger partial charge is 0.247 e. The number of H-pyrrole nitrogens is 8. The molecule has 584 valence electrons. The van der Waals surface area contributed by atoms with Gasteiger partial charge in [0.05, 0.1) is 76.9 Å². The number of carbonyl (C=O) groups is 4. The SMILES string of the molecule is C=CC(=O)Nc1cccc(-c2cnc3[nH]cc(-c4cc5ccc(C)cc5[nH]4)c3n2)c1.C=CC(=O)Nc1cccc(-c2cnc3[nH]cc(-c4cc5ccc(CO)cc5[nH]4)c3n2)c1.C=CC(=O)Nc1cccc(-c2cnc3[nH]cc(-c4cc5ccc(Cl)cc5[nH]4)c3n2)c1.C=CC(=O)Nc1cccc(-c2cnc3[nH]cc(-c4cc5ccccc5[nH]4)c3n2)c1. The Bertz CT molecular complexity index is 7180. The number of carbonyl (C=O) groups excluding carboxylic acids is 4. The lowest BCUT2D eigenvalue weighted by molar-refractivity contribution is -0.112. The van der Waals surface area contributed by atoms with E-state index in [9.17, 15) is 24.3 Å². The van der Waals surface area contributed by atoms with Crippen LogP contribution in [0.4, 0.5) is 22.7 Å². The molecule has 20 aromatic rings. The van der Waals surface area contributed by atoms with Gasteiger partial charge in [-0.2, -0.15) is 0 Å². The van der Waals surface area contributed by atoms with Crippen LogP contribution in [-0.2, 0) is 25.8 Å². The number of hydrogen-bond donors (Lipinski definition) is 13. The maximum Gasteiger partial charge on any atom is 0.247 e. The molecule has 0 spiro atoms. The number of nitrogens with one attached hydrogen (secondary N) is 12. The van der Waals surface area contributed by atoms with Gasteiger partial charge in [0, 0.05) is 141 Å². The fourth-order valence-corrected chi connectivity index (χ4v) is 14.2. The third-order valence-electron chi connectivity index (χ3n) is 19.9. The van der Waals surface area contributed by atoms with Crippen LogP contribution in [-0.4, -0.2) is 108 Å². The highest BCUT2D eigenvalue weighted by molar-refractivity contribution is 6.31. The second-order valence-electron chi connectivity index (χ2n) is 27.9. The maximum atomic E-state index is 11.6. The molecule has 0 bridgehead atoms. The topological polar surface area (TPSA) is 366 Å². The fraction of sp³-hybridized carbons (Fsp3) is 0.0213. The molecule has 0 saturated heterocycles. The summed E-state index contributed by atoms with van der Waals surface area (Å²) < 4.78 is 0. The summed E-state index contributed by atoms with van der Waals surface area (Å²) in [7, 11) is 0. The molecule has 13 N–H and O–H groups in total. The number of aliphatic hydroxyl groups excluding tert-OH is 1. The van der Waals surface area contributed by atoms with Crippen LogP contribution >= 0.6 is 11.6 Å². The summed E-state index contributed by atoms with van der Waals surface area (Å²) in [6, 6.07) is 64.3. The zero-order chi connectivity index (χ0) is 82.5. The molecule has 20 rings (SSSR count). The number of anilines is 4. The van der Waals surface area contributed by atoms with Gasteiger partial charge < -0.3 is 66.2 Å². The van der Waals surface area contributed by atoms with Crippen LogP contribution in [0.5, 0.6) is 0 Å². The molecule has 0 aliphatic rings. The maximum absolute atomic E-state index is 11.6. The van der Waals surface area contributed by atoms with E-state index in [1.54, 1.807) is 24.8 Å². The van der Waals surface area contributed by atoms with E-state index in [4.69, 9.17) is 31.5 Å². The van der Waals surface area contributed by atoms with Crippen molar-refractivity contribution in [3.63, 3.8) is 0 Å². The number of amides is 4. The minimum atomic E-state index is -0.269. The summed E-state index contributed by atoms with van der Waals surface area (Å²) in [5, 5.41) is 25.6. The molecule has 8 aromatic carbocycles. The van der Waals surface area contributed by atoms with Crippen LogP contribution in [0.3, 0.4) is 0 Å². The lowest BCUT2D eigenvalue weighted by Crippen LogP contribution is -2.07. The third kappa shape index (κ3) is 16.2. The summed E-state index contributed by atoms with van der Waals surface area (Å²) in [4.78, 5) is 110. The average molecular weight is 1600 g/mol. The first-order valence-electron chi connectivity index (χ1n) is 37.8. The van der Waals surface area contributed by atoms with Gasteiger partial charge in [0.25, 0.3) is 0 Å². The zero-order valence-corrected chi connectivity index (χ0v) is 64.8. The van der Waals surface area contributed by atoms with Crippen molar-refractivity contribution in [2.75, 3.05) is 21.3 Å². The van der Waals surface area contributed by atoms with Crippen LogP contribution in [0, 0.1) is 6.92 Å². The Morgan fingerprint density at radius 1 is 0.358 bits per heavy atom. The summed E-state index contributed by atoms with van der Waals surface area (Å²) in [5.74, 6) is -1.04. The highest BCUT2D eigenvalue weighted by Gasteiger charge is 2.20. The number of halogens is 1. The average Bonchev–Trinajstić information content (AvgIpc) is 1.63. The van der Waals surface area contributed by atoms with E-state index < -0.39 is 0 Å². The molecule has 0 aliphatic carbocycles. The Balaban J connectivity index is 0.000000114. The lowest BCUT2D eigenvalue weighted by atomic mass is 10.1. The van der Waals surface area contributed by atoms with E-state index in [1.807, 2.05) is 176 Å². The predicted octanol–water partition coefficient (Wildman–Crippen LogP) is 20.0. The Hall–Kier alpha value is -16.5. The van der Waals surface area contributed by atoms with Crippen molar-refractivity contribution in [2.24, 2.45) is 0 Å². The standard InChI is InChI=1S/C24H19N5O2.C24H19N5O.C23H16ClN5O.C23H17N5O/c1-2-22(31)27-17-5-3-4-15(9-17)21-12-26-24-23(29-21)18(11-25-24)20-10-16-7-6-14(13-30)8-19(16)28-20;1-3-22(30)27-17-6-4-5-15(10-17)21-13-26-24-23(29-21)18(12-25-24)20-11-16-8-7-14(2)9-19(16)28-20;1-2-21(30)27-16-5-3-4-13(8-16)20-12-26-23-22(29-20)17(11-25-23)19-9-14-6-7-15(24)10-18(14)28-19;1-2-21(29)26-16-8-5-7-14(10-16)20-13-25-23-22(28-20)17(12-24-23)19-11-15-6-3-4-9-18(15)27-19/h2-12,28,30H,1,13H2,(H,25,26)(H,27,31);3-13,28H,1H2,2H3,(H,25,26)(H,27,30);2-12,28H,1H2,(H,25,26)(H,27,30);2-13,27H,1H2,(H,24,25)(H,26,29). The minimum absolute atomic E-state index is 0.00146. The van der Waals surface area contributed by atoms with E-state index in [1.165, 1.54) is 29.9 Å². The summed E-state index contributed by atoms with van der Waals surface area (Å²) in [6.07, 6.45) is 19.4. The fourth-order valence-electron chi connectivity index (χ4n) is 14.0. The van der Waals surface area contributed by atoms with Crippen molar-refractivity contribution < 1.29 is 24.3 Å². The first kappa shape index (κ1) is 76.1. The molecule has 120 heavy (non-hydrogen) atoms. The van der Waals surface area contributed by atoms with Crippen LogP contribution in [0.25, 0.3) is 178 Å². The quantitative estimate of drug-likeness (QED) is 0.0378. The van der Waals surface area contributed by atoms with Gasteiger partial charge in [-0.15, -0.1) is 0 Å². The van der Waals surface area contributed by atoms with Gasteiger partial charge >= 0.3 is 0 Å². The summed E-state index contributed by atoms with van der Waals surface area (Å²) in [5.41, 5.74) is 28.6. The molecule has 0 unspecified atom stereocenters. The van der Waals surface area contributed by atoms with Gasteiger partial charge in [-0.05, 0) is 145 Å². The molecule has 0 radical (unpaired) electrons. The first-order valence-corrected chi connectivity index (χ1v) is 38.2. The van der Waals surface area contributed by atoms with Crippen molar-refractivity contribution in [2.45, 2.75) is 13.5 Å². The Kier molecular flexibility index (Phi) is 21.0. The van der Waals surface area contributed by atoms with E-state index in [0.29, 0.717) is 50.5 Å². The highest BCUT2D eigenvalue weighted by atomic mass is 35.5. The molecule has 26 heteroatoms. The molecule has 12 heterocycles. The van der Waals surface area contributed by atoms with Gasteiger partial charge in [0.1, 0.15) is 22.1 Å². The minimum Gasteiger partial charge on any atom is -0.392 e. The van der Waals surface area contributed by atoms with Gasteiger partial charge in [-0.25, -0.2) is 39.9 Å². The number of aryl methyl sites for hydroxylation is 1. The third-order valence-corrected chi connectivity index (χ3v) is 20.1. The van der Waals surface area contributed by atoms with Gasteiger partial charge in [-0.3, -0.25) is 19.2 Å². The second kappa shape index (κ2) is 33.1. The van der Waals surface area contributed by atoms with Crippen LogP contribution in [0.15, 0.2) is 300 Å². The molecular formula is C94H71ClN20O5. The van der Waals surface area contributed by atoms with Gasteiger partial charge in [-0.1, -0.05) is 135 Å². The first-order chi connectivity index (χ1) is 58.6. The molecule has 0 saturated carbocycles. The molecule has 4 amide bonds. The normalized spacial score (nSPS) is 11.1. The second-order valence-corrected chi connectivity index (χ2v) is 28.4. The summed E-state index contributed by atoms with van der Waals surface area (Å²) in [6.45, 7) is 16.0. The number of aliphatic hydroxyl groups is 1. The molecule has 0 aliphatic heterocycles. The number of nitrogens with zero attached hydrogens (tertiary/aromatic N) is 8. The molecule has 0 fully saturated rings. The predicted molar refractivity (Wildman–Crippen MR) is 477 cm³/mol. The van der Waals surface area contributed by atoms with Crippen LogP contribution < -0.4 is 21.3 Å². The Morgan fingerprint density at radius 2 is 0.675 bits per heavy atom. The number of benzene rings is 8. The number of rotatable bonds is 17. The number of hydrogen-bond acceptors (Lipinski definition) is 13. The van der Waals surface area contributed by atoms with Crippen LogP contribution in [0.2, 0.25) is 5.02 Å². The number of aromatic amines is 8. The lowest BCUT2D eigenvalue weighted by Gasteiger charge is -2.06. The van der Waals surface area contributed by atoms with E-state index >= 15 is 0 Å². The number of para-hydroxylation sites is 1. The largest absolute Gasteiger partial charge is 0.392 e. The Morgan fingerprint density at radius 3 is 1.02 bits per heavy atom. The van der Waals surface area contributed by atoms with Crippen LogP contribution in [0.1, 0.15) is 11.1 Å². The highest BCUT2D eigenvalue weighted by Crippen LogP contribution is 2.37. The number of aromatic nitrogens is 16. The molecule has 25 nitrogen and oxygen atoms in total. The van der Waals surface area contributed by atoms with Gasteiger partial charge in [0.15, 0.2) is 22.6 Å². The monoisotopic (exact) mass is 1590 g/mol. The Labute approximate surface area is 687 Å². The summed E-state index contributed by atoms with van der Waals surface area (Å²) >= 11 is 6.11. The molecule has 0 atom stereocenters.